The largest absolute Gasteiger partial charge is 0.354 e. The summed E-state index contributed by atoms with van der Waals surface area (Å²) >= 11 is 0. The lowest BCUT2D eigenvalue weighted by atomic mass is 9.88. The van der Waals surface area contributed by atoms with Crippen LogP contribution in [0.2, 0.25) is 0 Å². The monoisotopic (exact) mass is 455 g/mol. The summed E-state index contributed by atoms with van der Waals surface area (Å²) in [5.41, 5.74) is 0.633. The van der Waals surface area contributed by atoms with Gasteiger partial charge in [-0.1, -0.05) is 37.5 Å². The van der Waals surface area contributed by atoms with Gasteiger partial charge in [-0.05, 0) is 37.8 Å². The molecular formula is C24H33N5O4. The summed E-state index contributed by atoms with van der Waals surface area (Å²) < 4.78 is 0. The maximum absolute atomic E-state index is 13.3. The first-order chi connectivity index (χ1) is 16.0. The molecule has 0 spiro atoms. The highest BCUT2D eigenvalue weighted by molar-refractivity contribution is 5.96. The molecule has 5 amide bonds. The van der Waals surface area contributed by atoms with Gasteiger partial charge in [0.1, 0.15) is 12.1 Å². The Morgan fingerprint density at radius 2 is 1.70 bits per heavy atom. The van der Waals surface area contributed by atoms with Crippen LogP contribution in [-0.2, 0) is 14.4 Å². The Kier molecular flexibility index (Phi) is 7.47. The number of anilines is 1. The quantitative estimate of drug-likeness (QED) is 0.642. The smallest absolute Gasteiger partial charge is 0.322 e. The van der Waals surface area contributed by atoms with E-state index in [9.17, 15) is 19.2 Å². The van der Waals surface area contributed by atoms with Gasteiger partial charge in [0.2, 0.25) is 17.7 Å². The van der Waals surface area contributed by atoms with Crippen LogP contribution >= 0.6 is 0 Å². The van der Waals surface area contributed by atoms with Gasteiger partial charge in [0.15, 0.2) is 0 Å². The van der Waals surface area contributed by atoms with Crippen LogP contribution in [-0.4, -0.2) is 71.8 Å². The molecule has 1 aromatic rings. The zero-order valence-electron chi connectivity index (χ0n) is 18.9. The molecule has 1 aliphatic carbocycles. The predicted octanol–water partition coefficient (Wildman–Crippen LogP) is 1.71. The van der Waals surface area contributed by atoms with E-state index in [1.807, 2.05) is 18.2 Å². The van der Waals surface area contributed by atoms with Gasteiger partial charge >= 0.3 is 6.03 Å². The van der Waals surface area contributed by atoms with Crippen LogP contribution in [0.25, 0.3) is 0 Å². The third-order valence-electron chi connectivity index (χ3n) is 6.84. The highest BCUT2D eigenvalue weighted by atomic mass is 16.2. The Labute approximate surface area is 194 Å². The molecule has 2 heterocycles. The number of piperazine rings is 1. The van der Waals surface area contributed by atoms with E-state index in [-0.39, 0.29) is 36.9 Å². The lowest BCUT2D eigenvalue weighted by Gasteiger charge is -2.42. The van der Waals surface area contributed by atoms with Gasteiger partial charge in [-0.3, -0.25) is 14.4 Å². The molecule has 0 radical (unpaired) electrons. The number of para-hydroxylation sites is 1. The molecule has 33 heavy (non-hydrogen) atoms. The predicted molar refractivity (Wildman–Crippen MR) is 123 cm³/mol. The fourth-order valence-electron chi connectivity index (χ4n) is 4.95. The number of amides is 5. The van der Waals surface area contributed by atoms with Crippen LogP contribution in [0.5, 0.6) is 0 Å². The highest BCUT2D eigenvalue weighted by Gasteiger charge is 2.40. The third kappa shape index (κ3) is 5.64. The maximum atomic E-state index is 13.3. The van der Waals surface area contributed by atoms with Crippen molar-refractivity contribution >= 4 is 29.4 Å². The van der Waals surface area contributed by atoms with Crippen LogP contribution in [0.4, 0.5) is 10.5 Å². The summed E-state index contributed by atoms with van der Waals surface area (Å²) in [5, 5.41) is 8.42. The zero-order chi connectivity index (χ0) is 23.2. The van der Waals surface area contributed by atoms with E-state index in [1.165, 1.54) is 4.90 Å². The second kappa shape index (κ2) is 10.7. The SMILES string of the molecule is O=C1NCCC[C@H]1NC(=O)[C@@H]1CN(C(=O)C2CCCCC2)CCN1C(=O)Nc1ccccc1. The normalized spacial score (nSPS) is 24.1. The first-order valence-electron chi connectivity index (χ1n) is 12.0. The van der Waals surface area contributed by atoms with E-state index >= 15 is 0 Å². The molecule has 1 aromatic carbocycles. The molecule has 2 aliphatic heterocycles. The van der Waals surface area contributed by atoms with Crippen LogP contribution in [0, 0.1) is 5.92 Å². The number of carbonyl (C=O) groups is 4. The molecule has 3 fully saturated rings. The molecule has 3 aliphatic rings. The first-order valence-corrected chi connectivity index (χ1v) is 12.0. The minimum atomic E-state index is -0.857. The molecule has 0 aromatic heterocycles. The minimum absolute atomic E-state index is 0.00345. The average Bonchev–Trinajstić information content (AvgIpc) is 2.85. The number of carbonyl (C=O) groups excluding carboxylic acids is 4. The third-order valence-corrected chi connectivity index (χ3v) is 6.84. The summed E-state index contributed by atoms with van der Waals surface area (Å²) in [6.07, 6.45) is 6.37. The number of hydrogen-bond donors (Lipinski definition) is 3. The Morgan fingerprint density at radius 1 is 0.939 bits per heavy atom. The molecular weight excluding hydrogens is 422 g/mol. The van der Waals surface area contributed by atoms with Crippen molar-refractivity contribution < 1.29 is 19.2 Å². The summed E-state index contributed by atoms with van der Waals surface area (Å²) in [6.45, 7) is 1.39. The van der Waals surface area contributed by atoms with Crippen LogP contribution in [0.1, 0.15) is 44.9 Å². The Bertz CT molecular complexity index is 871. The van der Waals surface area contributed by atoms with E-state index in [4.69, 9.17) is 0 Å². The van der Waals surface area contributed by atoms with Crippen molar-refractivity contribution in [1.82, 2.24) is 20.4 Å². The average molecular weight is 456 g/mol. The van der Waals surface area contributed by atoms with Gasteiger partial charge in [0, 0.05) is 31.2 Å². The van der Waals surface area contributed by atoms with Crippen molar-refractivity contribution in [2.45, 2.75) is 57.0 Å². The van der Waals surface area contributed by atoms with Crippen LogP contribution in [0.15, 0.2) is 30.3 Å². The summed E-state index contributed by atoms with van der Waals surface area (Å²) in [6, 6.07) is 7.20. The molecule has 0 unspecified atom stereocenters. The van der Waals surface area contributed by atoms with Gasteiger partial charge in [0.25, 0.3) is 0 Å². The number of benzene rings is 1. The molecule has 2 saturated heterocycles. The second-order valence-electron chi connectivity index (χ2n) is 9.12. The highest BCUT2D eigenvalue weighted by Crippen LogP contribution is 2.26. The number of urea groups is 1. The Balaban J connectivity index is 1.48. The number of piperidine rings is 1. The van der Waals surface area contributed by atoms with E-state index in [2.05, 4.69) is 16.0 Å². The van der Waals surface area contributed by atoms with Crippen molar-refractivity contribution in [3.8, 4) is 0 Å². The van der Waals surface area contributed by atoms with Gasteiger partial charge in [-0.15, -0.1) is 0 Å². The molecule has 3 N–H and O–H groups in total. The number of nitrogens with zero attached hydrogens (tertiary/aromatic N) is 2. The summed E-state index contributed by atoms with van der Waals surface area (Å²) in [5.74, 6) is -0.537. The van der Waals surface area contributed by atoms with E-state index in [0.717, 1.165) is 38.5 Å². The Morgan fingerprint density at radius 3 is 2.42 bits per heavy atom. The lowest BCUT2D eigenvalue weighted by molar-refractivity contribution is -0.142. The molecule has 4 rings (SSSR count). The molecule has 1 saturated carbocycles. The van der Waals surface area contributed by atoms with Gasteiger partial charge in [-0.2, -0.15) is 0 Å². The number of nitrogens with one attached hydrogen (secondary N) is 3. The van der Waals surface area contributed by atoms with Gasteiger partial charge < -0.3 is 25.8 Å². The lowest BCUT2D eigenvalue weighted by Crippen LogP contribution is -2.64. The molecule has 2 atom stereocenters. The zero-order valence-corrected chi connectivity index (χ0v) is 18.9. The van der Waals surface area contributed by atoms with Crippen molar-refractivity contribution in [3.05, 3.63) is 30.3 Å². The molecule has 0 bridgehead atoms. The number of hydrogen-bond acceptors (Lipinski definition) is 4. The molecule has 9 nitrogen and oxygen atoms in total. The first kappa shape index (κ1) is 23.1. The topological polar surface area (TPSA) is 111 Å². The molecule has 178 valence electrons. The van der Waals surface area contributed by atoms with E-state index < -0.39 is 18.0 Å². The van der Waals surface area contributed by atoms with Crippen molar-refractivity contribution in [2.75, 3.05) is 31.5 Å². The van der Waals surface area contributed by atoms with Gasteiger partial charge in [-0.25, -0.2) is 4.79 Å². The van der Waals surface area contributed by atoms with E-state index in [1.54, 1.807) is 17.0 Å². The summed E-state index contributed by atoms with van der Waals surface area (Å²) in [7, 11) is 0. The van der Waals surface area contributed by atoms with Crippen molar-refractivity contribution in [3.63, 3.8) is 0 Å². The second-order valence-corrected chi connectivity index (χ2v) is 9.12. The van der Waals surface area contributed by atoms with Crippen LogP contribution < -0.4 is 16.0 Å². The van der Waals surface area contributed by atoms with Crippen molar-refractivity contribution in [2.24, 2.45) is 5.92 Å². The standard InChI is InChI=1S/C24H33N5O4/c30-21-19(12-7-13-25-21)27-22(31)20-16-28(23(32)17-8-3-1-4-9-17)14-15-29(20)24(33)26-18-10-5-2-6-11-18/h2,5-6,10-11,17,19-20H,1,3-4,7-9,12-16H2,(H,25,30)(H,26,33)(H,27,31)/t19-,20+/m1/s1. The van der Waals surface area contributed by atoms with E-state index in [0.29, 0.717) is 25.2 Å². The fraction of sp³-hybridized carbons (Fsp3) is 0.583. The maximum Gasteiger partial charge on any atom is 0.322 e. The van der Waals surface area contributed by atoms with Crippen molar-refractivity contribution in [1.29, 1.82) is 0 Å². The van der Waals surface area contributed by atoms with Gasteiger partial charge in [0.05, 0.1) is 6.54 Å². The fourth-order valence-corrected chi connectivity index (χ4v) is 4.95. The minimum Gasteiger partial charge on any atom is -0.354 e. The Hall–Kier alpha value is -3.10. The molecule has 9 heteroatoms. The van der Waals surface area contributed by atoms with Crippen LogP contribution in [0.3, 0.4) is 0 Å². The number of rotatable bonds is 4. The summed E-state index contributed by atoms with van der Waals surface area (Å²) in [4.78, 5) is 54.9.